The van der Waals surface area contributed by atoms with Crippen LogP contribution in [0.25, 0.3) is 10.2 Å². The predicted octanol–water partition coefficient (Wildman–Crippen LogP) is 2.95. The van der Waals surface area contributed by atoms with Crippen LogP contribution in [0, 0.1) is 0 Å². The summed E-state index contributed by atoms with van der Waals surface area (Å²) in [5.74, 6) is -1.12. The van der Waals surface area contributed by atoms with Gasteiger partial charge in [0.05, 0.1) is 40.5 Å². The lowest BCUT2D eigenvalue weighted by Gasteiger charge is -2.36. The zero-order valence-corrected chi connectivity index (χ0v) is 24.2. The molecule has 1 aliphatic heterocycles. The fourth-order valence-electron chi connectivity index (χ4n) is 4.30. The van der Waals surface area contributed by atoms with Crippen molar-refractivity contribution < 1.29 is 28.7 Å². The van der Waals surface area contributed by atoms with Gasteiger partial charge in [-0.15, -0.1) is 11.8 Å². The molecule has 1 saturated heterocycles. The molecule has 1 aromatic heterocycles. The van der Waals surface area contributed by atoms with Gasteiger partial charge in [0.25, 0.3) is 5.91 Å². The van der Waals surface area contributed by atoms with Crippen molar-refractivity contribution in [2.24, 2.45) is 4.99 Å². The van der Waals surface area contributed by atoms with Gasteiger partial charge in [-0.2, -0.15) is 4.99 Å². The number of carbonyl (C=O) groups is 4. The second-order valence-corrected chi connectivity index (χ2v) is 10.9. The van der Waals surface area contributed by atoms with Gasteiger partial charge in [-0.05, 0) is 44.2 Å². The smallest absolute Gasteiger partial charge is 0.338 e. The molecule has 12 heteroatoms. The summed E-state index contributed by atoms with van der Waals surface area (Å²) in [5, 5.41) is 0. The van der Waals surface area contributed by atoms with Crippen molar-refractivity contribution in [1.29, 1.82) is 0 Å². The number of esters is 2. The largest absolute Gasteiger partial charge is 0.465 e. The van der Waals surface area contributed by atoms with Crippen molar-refractivity contribution in [3.8, 4) is 0 Å². The second-order valence-electron chi connectivity index (χ2n) is 8.88. The molecule has 10 nitrogen and oxygen atoms in total. The fraction of sp³-hybridized carbons (Fsp3) is 0.393. The molecule has 0 atom stereocenters. The number of rotatable bonds is 10. The number of fused-ring (bicyclic) bond motifs is 1. The highest BCUT2D eigenvalue weighted by molar-refractivity contribution is 8.00. The maximum Gasteiger partial charge on any atom is 0.338 e. The summed E-state index contributed by atoms with van der Waals surface area (Å²) in [5.41, 5.74) is 2.17. The number of thiazole rings is 1. The quantitative estimate of drug-likeness (QED) is 0.335. The van der Waals surface area contributed by atoms with E-state index >= 15 is 0 Å². The van der Waals surface area contributed by atoms with E-state index in [0.29, 0.717) is 33.7 Å². The zero-order valence-electron chi connectivity index (χ0n) is 22.5. The van der Waals surface area contributed by atoms with Crippen LogP contribution in [-0.2, 0) is 30.4 Å². The Balaban J connectivity index is 1.39. The Hall–Kier alpha value is -3.64. The molecular formula is C28H32N4O6S2. The van der Waals surface area contributed by atoms with Crippen LogP contribution in [0.4, 0.5) is 5.69 Å². The van der Waals surface area contributed by atoms with Crippen LogP contribution in [0.2, 0.25) is 0 Å². The number of hydrogen-bond acceptors (Lipinski definition) is 9. The van der Waals surface area contributed by atoms with Crippen LogP contribution in [0.1, 0.15) is 24.2 Å². The first-order valence-corrected chi connectivity index (χ1v) is 15.1. The molecule has 40 heavy (non-hydrogen) atoms. The molecular weight excluding hydrogens is 552 g/mol. The van der Waals surface area contributed by atoms with Crippen LogP contribution in [0.15, 0.2) is 53.5 Å². The molecule has 3 aromatic rings. The minimum atomic E-state index is -0.460. The normalized spacial score (nSPS) is 13.9. The van der Waals surface area contributed by atoms with E-state index in [0.717, 1.165) is 18.8 Å². The van der Waals surface area contributed by atoms with Gasteiger partial charge in [0, 0.05) is 31.9 Å². The number of amides is 2. The molecule has 1 fully saturated rings. The lowest BCUT2D eigenvalue weighted by molar-refractivity contribution is -0.143. The van der Waals surface area contributed by atoms with Gasteiger partial charge in [-0.1, -0.05) is 29.5 Å². The summed E-state index contributed by atoms with van der Waals surface area (Å²) >= 11 is 2.41. The number of ether oxygens (including phenoxy) is 2. The van der Waals surface area contributed by atoms with E-state index in [1.54, 1.807) is 36.6 Å². The molecule has 0 spiro atoms. The van der Waals surface area contributed by atoms with E-state index in [2.05, 4.69) is 22.0 Å². The summed E-state index contributed by atoms with van der Waals surface area (Å²) in [6, 6.07) is 15.1. The predicted molar refractivity (Wildman–Crippen MR) is 156 cm³/mol. The number of aromatic nitrogens is 1. The van der Waals surface area contributed by atoms with Crippen LogP contribution in [-0.4, -0.2) is 84.1 Å². The highest BCUT2D eigenvalue weighted by atomic mass is 32.2. The number of para-hydroxylation sites is 1. The molecule has 0 aliphatic carbocycles. The number of anilines is 1. The number of carbonyl (C=O) groups excluding carboxylic acids is 4. The van der Waals surface area contributed by atoms with E-state index in [1.165, 1.54) is 23.1 Å². The molecule has 212 valence electrons. The molecule has 0 saturated carbocycles. The summed E-state index contributed by atoms with van der Waals surface area (Å²) in [4.78, 5) is 58.6. The molecule has 4 rings (SSSR count). The fourth-order valence-corrected chi connectivity index (χ4v) is 6.08. The molecule has 0 unspecified atom stereocenters. The monoisotopic (exact) mass is 584 g/mol. The molecule has 2 heterocycles. The van der Waals surface area contributed by atoms with Crippen molar-refractivity contribution in [2.45, 2.75) is 20.4 Å². The van der Waals surface area contributed by atoms with Gasteiger partial charge in [-0.3, -0.25) is 14.4 Å². The van der Waals surface area contributed by atoms with Crippen LogP contribution >= 0.6 is 23.1 Å². The van der Waals surface area contributed by atoms with Gasteiger partial charge in [0.2, 0.25) is 5.91 Å². The standard InChI is InChI=1S/C28H32N4O6S2/c1-3-37-26(35)17-32-22-11-10-20(27(36)38-4-2)16-23(22)40-28(32)29-24(33)18-39-19-25(34)31-14-12-30(13-15-31)21-8-6-5-7-9-21/h5-11,16H,3-4,12-15,17-19H2,1-2H3. The Morgan fingerprint density at radius 2 is 1.65 bits per heavy atom. The summed E-state index contributed by atoms with van der Waals surface area (Å²) in [7, 11) is 0. The number of hydrogen-bond donors (Lipinski definition) is 0. The third kappa shape index (κ3) is 7.51. The lowest BCUT2D eigenvalue weighted by Crippen LogP contribution is -2.49. The minimum absolute atomic E-state index is 0.00348. The van der Waals surface area contributed by atoms with Gasteiger partial charge >= 0.3 is 11.9 Å². The zero-order chi connectivity index (χ0) is 28.5. The van der Waals surface area contributed by atoms with Gasteiger partial charge < -0.3 is 23.8 Å². The molecule has 2 aromatic carbocycles. The Kier molecular flexibility index (Phi) is 10.4. The Labute approximate surface area is 240 Å². The van der Waals surface area contributed by atoms with Crippen molar-refractivity contribution in [2.75, 3.05) is 55.8 Å². The number of thioether (sulfide) groups is 1. The van der Waals surface area contributed by atoms with E-state index in [9.17, 15) is 19.2 Å². The first-order chi connectivity index (χ1) is 19.4. The first kappa shape index (κ1) is 29.3. The van der Waals surface area contributed by atoms with Crippen molar-refractivity contribution in [1.82, 2.24) is 9.47 Å². The molecule has 0 N–H and O–H groups in total. The Morgan fingerprint density at radius 1 is 0.925 bits per heavy atom. The maximum absolute atomic E-state index is 12.8. The summed E-state index contributed by atoms with van der Waals surface area (Å²) < 4.78 is 12.5. The summed E-state index contributed by atoms with van der Waals surface area (Å²) in [6.45, 7) is 6.60. The van der Waals surface area contributed by atoms with E-state index in [-0.39, 0.29) is 37.2 Å². The first-order valence-electron chi connectivity index (χ1n) is 13.1. The average Bonchev–Trinajstić information content (AvgIpc) is 3.29. The lowest BCUT2D eigenvalue weighted by atomic mass is 10.2. The number of benzene rings is 2. The third-order valence-electron chi connectivity index (χ3n) is 6.21. The van der Waals surface area contributed by atoms with E-state index < -0.39 is 17.8 Å². The third-order valence-corrected chi connectivity index (χ3v) is 8.15. The summed E-state index contributed by atoms with van der Waals surface area (Å²) in [6.07, 6.45) is 0. The van der Waals surface area contributed by atoms with Crippen LogP contribution in [0.5, 0.6) is 0 Å². The van der Waals surface area contributed by atoms with Gasteiger partial charge in [-0.25, -0.2) is 4.79 Å². The molecule has 2 amide bonds. The SMILES string of the molecule is CCOC(=O)Cn1c(=NC(=O)CSCC(=O)N2CCN(c3ccccc3)CC2)sc2cc(C(=O)OCC)ccc21. The van der Waals surface area contributed by atoms with Crippen molar-refractivity contribution in [3.63, 3.8) is 0 Å². The number of piperazine rings is 1. The highest BCUT2D eigenvalue weighted by Gasteiger charge is 2.21. The molecule has 0 bridgehead atoms. The van der Waals surface area contributed by atoms with Crippen molar-refractivity contribution in [3.05, 3.63) is 58.9 Å². The Bertz CT molecular complexity index is 1430. The van der Waals surface area contributed by atoms with Crippen LogP contribution < -0.4 is 9.70 Å². The topological polar surface area (TPSA) is 111 Å². The molecule has 1 aliphatic rings. The maximum atomic E-state index is 12.8. The van der Waals surface area contributed by atoms with E-state index in [1.807, 2.05) is 23.1 Å². The van der Waals surface area contributed by atoms with Gasteiger partial charge in [0.15, 0.2) is 4.80 Å². The highest BCUT2D eigenvalue weighted by Crippen LogP contribution is 2.21. The van der Waals surface area contributed by atoms with E-state index in [4.69, 9.17) is 9.47 Å². The van der Waals surface area contributed by atoms with Crippen molar-refractivity contribution >= 4 is 62.8 Å². The Morgan fingerprint density at radius 3 is 2.35 bits per heavy atom. The average molecular weight is 585 g/mol. The van der Waals surface area contributed by atoms with Crippen LogP contribution in [0.3, 0.4) is 0 Å². The molecule has 0 radical (unpaired) electrons. The minimum Gasteiger partial charge on any atom is -0.465 e. The second kappa shape index (κ2) is 14.1. The number of nitrogens with zero attached hydrogens (tertiary/aromatic N) is 4. The van der Waals surface area contributed by atoms with Gasteiger partial charge in [0.1, 0.15) is 6.54 Å².